The van der Waals surface area contributed by atoms with E-state index in [0.29, 0.717) is 17.1 Å². The number of carbonyl (C=O) groups is 1. The third kappa shape index (κ3) is 3.42. The molecule has 1 aliphatic carbocycles. The molecule has 1 aliphatic rings. The van der Waals surface area contributed by atoms with Crippen molar-refractivity contribution in [2.24, 2.45) is 0 Å². The second-order valence-corrected chi connectivity index (χ2v) is 5.07. The molecule has 0 radical (unpaired) electrons. The number of carboxylic acid groups (broad SMARTS) is 1. The first-order chi connectivity index (χ1) is 9.63. The molecule has 0 heterocycles. The molecule has 2 rings (SSSR count). The molecular formula is C15H21NO4. The van der Waals surface area contributed by atoms with E-state index in [2.05, 4.69) is 5.32 Å². The van der Waals surface area contributed by atoms with Gasteiger partial charge >= 0.3 is 5.97 Å². The van der Waals surface area contributed by atoms with Crippen LogP contribution < -0.4 is 14.8 Å². The quantitative estimate of drug-likeness (QED) is 0.836. The number of carboxylic acids is 1. The highest BCUT2D eigenvalue weighted by Crippen LogP contribution is 2.28. The van der Waals surface area contributed by atoms with Crippen LogP contribution in [0.25, 0.3) is 0 Å². The summed E-state index contributed by atoms with van der Waals surface area (Å²) in [6.07, 6.45) is 4.38. The van der Waals surface area contributed by atoms with Crippen LogP contribution in [0.1, 0.15) is 37.3 Å². The van der Waals surface area contributed by atoms with Gasteiger partial charge in [-0.1, -0.05) is 12.8 Å². The Morgan fingerprint density at radius 1 is 1.20 bits per heavy atom. The molecule has 5 heteroatoms. The molecule has 1 atom stereocenters. The van der Waals surface area contributed by atoms with Crippen LogP contribution in [0.3, 0.4) is 0 Å². The van der Waals surface area contributed by atoms with Crippen molar-refractivity contribution < 1.29 is 19.4 Å². The zero-order valence-electron chi connectivity index (χ0n) is 11.9. The fourth-order valence-corrected chi connectivity index (χ4v) is 2.63. The van der Waals surface area contributed by atoms with Crippen LogP contribution in [0.5, 0.6) is 11.5 Å². The van der Waals surface area contributed by atoms with Gasteiger partial charge in [-0.3, -0.25) is 10.1 Å². The first kappa shape index (κ1) is 14.7. The van der Waals surface area contributed by atoms with Gasteiger partial charge in [0.1, 0.15) is 17.5 Å². The Labute approximate surface area is 118 Å². The molecule has 2 N–H and O–H groups in total. The van der Waals surface area contributed by atoms with E-state index in [4.69, 9.17) is 9.47 Å². The van der Waals surface area contributed by atoms with E-state index >= 15 is 0 Å². The van der Waals surface area contributed by atoms with Crippen LogP contribution in [-0.4, -0.2) is 31.3 Å². The Morgan fingerprint density at radius 2 is 1.75 bits per heavy atom. The summed E-state index contributed by atoms with van der Waals surface area (Å²) in [4.78, 5) is 11.5. The second-order valence-electron chi connectivity index (χ2n) is 5.07. The van der Waals surface area contributed by atoms with E-state index in [1.165, 1.54) is 0 Å². The van der Waals surface area contributed by atoms with Gasteiger partial charge in [-0.05, 0) is 30.5 Å². The summed E-state index contributed by atoms with van der Waals surface area (Å²) in [6, 6.07) is 4.75. The number of nitrogens with one attached hydrogen (secondary N) is 1. The molecular weight excluding hydrogens is 258 g/mol. The first-order valence-electron chi connectivity index (χ1n) is 6.86. The number of ether oxygens (including phenoxy) is 2. The lowest BCUT2D eigenvalue weighted by molar-refractivity contribution is -0.139. The number of methoxy groups -OCH3 is 2. The number of benzene rings is 1. The van der Waals surface area contributed by atoms with Crippen molar-refractivity contribution >= 4 is 5.97 Å². The van der Waals surface area contributed by atoms with Crippen molar-refractivity contribution in [2.75, 3.05) is 14.2 Å². The summed E-state index contributed by atoms with van der Waals surface area (Å²) < 4.78 is 10.4. The van der Waals surface area contributed by atoms with E-state index in [9.17, 15) is 9.90 Å². The largest absolute Gasteiger partial charge is 0.497 e. The lowest BCUT2D eigenvalue weighted by atomic mass is 10.0. The molecule has 1 aromatic carbocycles. The lowest BCUT2D eigenvalue weighted by Gasteiger charge is -2.20. The zero-order valence-corrected chi connectivity index (χ0v) is 11.9. The van der Waals surface area contributed by atoms with Crippen LogP contribution in [0, 0.1) is 0 Å². The Balaban J connectivity index is 2.25. The minimum atomic E-state index is -0.882. The molecule has 1 saturated carbocycles. The van der Waals surface area contributed by atoms with Crippen molar-refractivity contribution in [3.05, 3.63) is 23.8 Å². The maximum absolute atomic E-state index is 11.5. The maximum Gasteiger partial charge on any atom is 0.325 e. The Morgan fingerprint density at radius 3 is 2.20 bits per heavy atom. The fourth-order valence-electron chi connectivity index (χ4n) is 2.63. The van der Waals surface area contributed by atoms with Crippen molar-refractivity contribution in [3.63, 3.8) is 0 Å². The number of hydrogen-bond acceptors (Lipinski definition) is 4. The third-order valence-electron chi connectivity index (χ3n) is 3.71. The van der Waals surface area contributed by atoms with Gasteiger partial charge in [0.05, 0.1) is 14.2 Å². The first-order valence-corrected chi connectivity index (χ1v) is 6.86. The standard InChI is InChI=1S/C15H21NO4/c1-19-12-7-10(8-13(9-12)20-2)14(15(17)18)16-11-5-3-4-6-11/h7-9,11,14,16H,3-6H2,1-2H3,(H,17,18). The summed E-state index contributed by atoms with van der Waals surface area (Å²) in [6.45, 7) is 0. The summed E-state index contributed by atoms with van der Waals surface area (Å²) in [5.41, 5.74) is 0.653. The predicted molar refractivity (Wildman–Crippen MR) is 75.3 cm³/mol. The maximum atomic E-state index is 11.5. The van der Waals surface area contributed by atoms with Gasteiger partial charge in [0.2, 0.25) is 0 Å². The summed E-state index contributed by atoms with van der Waals surface area (Å²) in [7, 11) is 3.11. The van der Waals surface area contributed by atoms with Gasteiger partial charge in [-0.25, -0.2) is 0 Å². The van der Waals surface area contributed by atoms with E-state index in [1.807, 2.05) is 0 Å². The molecule has 0 aliphatic heterocycles. The molecule has 0 amide bonds. The van der Waals surface area contributed by atoms with Crippen LogP contribution in [0.15, 0.2) is 18.2 Å². The Kier molecular flexibility index (Phi) is 4.84. The topological polar surface area (TPSA) is 67.8 Å². The highest BCUT2D eigenvalue weighted by molar-refractivity contribution is 5.76. The monoisotopic (exact) mass is 279 g/mol. The number of aliphatic carboxylic acids is 1. The molecule has 1 aromatic rings. The molecule has 0 saturated heterocycles. The Hall–Kier alpha value is -1.75. The van der Waals surface area contributed by atoms with Gasteiger partial charge in [0.15, 0.2) is 0 Å². The van der Waals surface area contributed by atoms with Gasteiger partial charge in [-0.2, -0.15) is 0 Å². The number of hydrogen-bond donors (Lipinski definition) is 2. The van der Waals surface area contributed by atoms with Crippen molar-refractivity contribution in [2.45, 2.75) is 37.8 Å². The molecule has 5 nitrogen and oxygen atoms in total. The molecule has 0 aromatic heterocycles. The predicted octanol–water partition coefficient (Wildman–Crippen LogP) is 2.36. The fraction of sp³-hybridized carbons (Fsp3) is 0.533. The van der Waals surface area contributed by atoms with E-state index in [0.717, 1.165) is 25.7 Å². The molecule has 110 valence electrons. The summed E-state index contributed by atoms with van der Waals surface area (Å²) in [5, 5.41) is 12.7. The van der Waals surface area contributed by atoms with Crippen molar-refractivity contribution in [3.8, 4) is 11.5 Å². The van der Waals surface area contributed by atoms with Gasteiger partial charge < -0.3 is 14.6 Å². The van der Waals surface area contributed by atoms with E-state index < -0.39 is 12.0 Å². The molecule has 0 spiro atoms. The summed E-state index contributed by atoms with van der Waals surface area (Å²) >= 11 is 0. The average molecular weight is 279 g/mol. The third-order valence-corrected chi connectivity index (χ3v) is 3.71. The lowest BCUT2D eigenvalue weighted by Crippen LogP contribution is -2.35. The minimum absolute atomic E-state index is 0.272. The zero-order chi connectivity index (χ0) is 14.5. The number of rotatable bonds is 6. The summed E-state index contributed by atoms with van der Waals surface area (Å²) in [5.74, 6) is 0.310. The Bertz CT molecular complexity index is 447. The minimum Gasteiger partial charge on any atom is -0.497 e. The molecule has 20 heavy (non-hydrogen) atoms. The SMILES string of the molecule is COc1cc(OC)cc(C(NC2CCCC2)C(=O)O)c1. The van der Waals surface area contributed by atoms with Gasteiger partial charge in [0.25, 0.3) is 0 Å². The normalized spacial score (nSPS) is 16.9. The molecule has 1 unspecified atom stereocenters. The van der Waals surface area contributed by atoms with Crippen LogP contribution in [0.4, 0.5) is 0 Å². The van der Waals surface area contributed by atoms with Crippen LogP contribution in [0.2, 0.25) is 0 Å². The smallest absolute Gasteiger partial charge is 0.325 e. The van der Waals surface area contributed by atoms with Gasteiger partial charge in [0, 0.05) is 12.1 Å². The van der Waals surface area contributed by atoms with Crippen molar-refractivity contribution in [1.82, 2.24) is 5.32 Å². The highest BCUT2D eigenvalue weighted by Gasteiger charge is 2.26. The van der Waals surface area contributed by atoms with Gasteiger partial charge in [-0.15, -0.1) is 0 Å². The molecule has 1 fully saturated rings. The van der Waals surface area contributed by atoms with Crippen molar-refractivity contribution in [1.29, 1.82) is 0 Å². The average Bonchev–Trinajstić information content (AvgIpc) is 2.96. The second kappa shape index (κ2) is 6.61. The molecule has 0 bridgehead atoms. The van der Waals surface area contributed by atoms with E-state index in [-0.39, 0.29) is 6.04 Å². The highest BCUT2D eigenvalue weighted by atomic mass is 16.5. The van der Waals surface area contributed by atoms with Crippen LogP contribution in [-0.2, 0) is 4.79 Å². The van der Waals surface area contributed by atoms with E-state index in [1.54, 1.807) is 32.4 Å². The van der Waals surface area contributed by atoms with Crippen LogP contribution >= 0.6 is 0 Å².